The zero-order valence-corrected chi connectivity index (χ0v) is 10.8. The molecule has 90 valence electrons. The highest BCUT2D eigenvalue weighted by Gasteiger charge is 2.09. The van der Waals surface area contributed by atoms with Crippen LogP contribution < -0.4 is 5.32 Å². The van der Waals surface area contributed by atoms with Gasteiger partial charge in [-0.2, -0.15) is 0 Å². The fourth-order valence-electron chi connectivity index (χ4n) is 1.70. The van der Waals surface area contributed by atoms with Crippen molar-refractivity contribution in [1.82, 2.24) is 5.32 Å². The minimum atomic E-state index is 0.293. The summed E-state index contributed by atoms with van der Waals surface area (Å²) in [6, 6.07) is 9.08. The Balaban J connectivity index is 2.70. The molecule has 1 N–H and O–H groups in total. The Kier molecular flexibility index (Phi) is 5.50. The van der Waals surface area contributed by atoms with Gasteiger partial charge < -0.3 is 10.1 Å². The van der Waals surface area contributed by atoms with E-state index >= 15 is 0 Å². The number of hydrogen-bond donors (Lipinski definition) is 1. The van der Waals surface area contributed by atoms with Gasteiger partial charge in [0.05, 0.1) is 12.6 Å². The third-order valence-electron chi connectivity index (χ3n) is 2.84. The first-order chi connectivity index (χ1) is 7.69. The maximum atomic E-state index is 5.46. The van der Waals surface area contributed by atoms with Crippen molar-refractivity contribution < 1.29 is 4.74 Å². The van der Waals surface area contributed by atoms with E-state index in [1.807, 2.05) is 14.0 Å². The van der Waals surface area contributed by atoms with Gasteiger partial charge in [-0.25, -0.2) is 0 Å². The number of likely N-dealkylation sites (N-methyl/N-ethyl adjacent to an activating group) is 1. The highest BCUT2D eigenvalue weighted by molar-refractivity contribution is 5.26. The van der Waals surface area contributed by atoms with Crippen LogP contribution in [0.3, 0.4) is 0 Å². The first-order valence-corrected chi connectivity index (χ1v) is 6.03. The van der Waals surface area contributed by atoms with Gasteiger partial charge in [0, 0.05) is 6.61 Å². The molecule has 1 aromatic carbocycles. The lowest BCUT2D eigenvalue weighted by atomic mass is 9.99. The second-order valence-corrected chi connectivity index (χ2v) is 4.32. The van der Waals surface area contributed by atoms with Crippen molar-refractivity contribution in [2.24, 2.45) is 0 Å². The first-order valence-electron chi connectivity index (χ1n) is 6.03. The number of rotatable bonds is 6. The van der Waals surface area contributed by atoms with Gasteiger partial charge in [0.1, 0.15) is 0 Å². The molecule has 1 rings (SSSR count). The van der Waals surface area contributed by atoms with Crippen LogP contribution in [0.25, 0.3) is 0 Å². The molecule has 0 aromatic heterocycles. The highest BCUT2D eigenvalue weighted by Crippen LogP contribution is 2.18. The van der Waals surface area contributed by atoms with Crippen LogP contribution in [0.5, 0.6) is 0 Å². The summed E-state index contributed by atoms with van der Waals surface area (Å²) in [7, 11) is 1.97. The molecule has 0 aliphatic heterocycles. The van der Waals surface area contributed by atoms with E-state index in [0.29, 0.717) is 12.0 Å². The molecule has 0 bridgehead atoms. The normalized spacial score (nSPS) is 13.1. The smallest absolute Gasteiger partial charge is 0.0661 e. The summed E-state index contributed by atoms with van der Waals surface area (Å²) in [6.07, 6.45) is 0. The molecule has 0 radical (unpaired) electrons. The number of ether oxygens (including phenoxy) is 1. The Labute approximate surface area is 99.0 Å². The van der Waals surface area contributed by atoms with Crippen LogP contribution in [0, 0.1) is 0 Å². The number of nitrogens with one attached hydrogen (secondary N) is 1. The van der Waals surface area contributed by atoms with Crippen molar-refractivity contribution in [2.45, 2.75) is 32.7 Å². The van der Waals surface area contributed by atoms with E-state index in [4.69, 9.17) is 4.74 Å². The van der Waals surface area contributed by atoms with Crippen molar-refractivity contribution >= 4 is 0 Å². The van der Waals surface area contributed by atoms with Crippen LogP contribution in [0.2, 0.25) is 0 Å². The molecule has 1 atom stereocenters. The van der Waals surface area contributed by atoms with Crippen LogP contribution in [0.1, 0.15) is 43.9 Å². The number of hydrogen-bond acceptors (Lipinski definition) is 2. The summed E-state index contributed by atoms with van der Waals surface area (Å²) in [5.41, 5.74) is 2.68. The summed E-state index contributed by atoms with van der Waals surface area (Å²) >= 11 is 0. The Morgan fingerprint density at radius 2 is 1.69 bits per heavy atom. The molecule has 0 saturated carbocycles. The third-order valence-corrected chi connectivity index (χ3v) is 2.84. The molecule has 16 heavy (non-hydrogen) atoms. The van der Waals surface area contributed by atoms with Crippen LogP contribution >= 0.6 is 0 Å². The molecule has 0 amide bonds. The lowest BCUT2D eigenvalue weighted by molar-refractivity contribution is 0.125. The standard InChI is InChI=1S/C14H23NO/c1-5-16-10-14(15-4)13-8-6-12(7-9-13)11(2)3/h6-9,11,14-15H,5,10H2,1-4H3. The zero-order valence-electron chi connectivity index (χ0n) is 10.8. The van der Waals surface area contributed by atoms with Gasteiger partial charge in [-0.05, 0) is 31.0 Å². The molecular weight excluding hydrogens is 198 g/mol. The summed E-state index contributed by atoms with van der Waals surface area (Å²) in [4.78, 5) is 0. The van der Waals surface area contributed by atoms with Gasteiger partial charge in [0.15, 0.2) is 0 Å². The van der Waals surface area contributed by atoms with E-state index < -0.39 is 0 Å². The maximum Gasteiger partial charge on any atom is 0.0661 e. The molecule has 0 aliphatic carbocycles. The Hall–Kier alpha value is -0.860. The second-order valence-electron chi connectivity index (χ2n) is 4.32. The van der Waals surface area contributed by atoms with E-state index in [1.165, 1.54) is 11.1 Å². The predicted molar refractivity (Wildman–Crippen MR) is 68.8 cm³/mol. The molecule has 0 heterocycles. The fraction of sp³-hybridized carbons (Fsp3) is 0.571. The lowest BCUT2D eigenvalue weighted by Crippen LogP contribution is -2.21. The van der Waals surface area contributed by atoms with Crippen molar-refractivity contribution in [2.75, 3.05) is 20.3 Å². The molecule has 1 unspecified atom stereocenters. The van der Waals surface area contributed by atoms with Gasteiger partial charge in [-0.1, -0.05) is 38.1 Å². The van der Waals surface area contributed by atoms with Crippen LogP contribution in [-0.2, 0) is 4.74 Å². The third kappa shape index (κ3) is 3.62. The van der Waals surface area contributed by atoms with E-state index in [9.17, 15) is 0 Å². The predicted octanol–water partition coefficient (Wildman–Crippen LogP) is 3.11. The van der Waals surface area contributed by atoms with E-state index in [-0.39, 0.29) is 0 Å². The highest BCUT2D eigenvalue weighted by atomic mass is 16.5. The minimum Gasteiger partial charge on any atom is -0.380 e. The van der Waals surface area contributed by atoms with Gasteiger partial charge in [0.2, 0.25) is 0 Å². The summed E-state index contributed by atoms with van der Waals surface area (Å²) < 4.78 is 5.46. The summed E-state index contributed by atoms with van der Waals surface area (Å²) in [6.45, 7) is 7.94. The minimum absolute atomic E-state index is 0.293. The fourth-order valence-corrected chi connectivity index (χ4v) is 1.70. The van der Waals surface area contributed by atoms with E-state index in [0.717, 1.165) is 13.2 Å². The van der Waals surface area contributed by atoms with Crippen LogP contribution in [0.15, 0.2) is 24.3 Å². The molecule has 0 spiro atoms. The van der Waals surface area contributed by atoms with Gasteiger partial charge in [-0.15, -0.1) is 0 Å². The average Bonchev–Trinajstić information content (AvgIpc) is 2.30. The average molecular weight is 221 g/mol. The summed E-state index contributed by atoms with van der Waals surface area (Å²) in [5, 5.41) is 3.28. The first kappa shape index (κ1) is 13.2. The monoisotopic (exact) mass is 221 g/mol. The summed E-state index contributed by atoms with van der Waals surface area (Å²) in [5.74, 6) is 0.592. The zero-order chi connectivity index (χ0) is 12.0. The van der Waals surface area contributed by atoms with E-state index in [2.05, 4.69) is 43.4 Å². The van der Waals surface area contributed by atoms with Crippen LogP contribution in [-0.4, -0.2) is 20.3 Å². The largest absolute Gasteiger partial charge is 0.380 e. The topological polar surface area (TPSA) is 21.3 Å². The van der Waals surface area contributed by atoms with Crippen molar-refractivity contribution in [3.63, 3.8) is 0 Å². The van der Waals surface area contributed by atoms with Crippen molar-refractivity contribution in [3.8, 4) is 0 Å². The van der Waals surface area contributed by atoms with E-state index in [1.54, 1.807) is 0 Å². The molecule has 2 heteroatoms. The lowest BCUT2D eigenvalue weighted by Gasteiger charge is -2.17. The Morgan fingerprint density at radius 3 is 2.12 bits per heavy atom. The van der Waals surface area contributed by atoms with Crippen LogP contribution in [0.4, 0.5) is 0 Å². The molecular formula is C14H23NO. The molecule has 2 nitrogen and oxygen atoms in total. The van der Waals surface area contributed by atoms with Gasteiger partial charge in [-0.3, -0.25) is 0 Å². The second kappa shape index (κ2) is 6.66. The quantitative estimate of drug-likeness (QED) is 0.797. The number of benzene rings is 1. The Morgan fingerprint density at radius 1 is 1.12 bits per heavy atom. The van der Waals surface area contributed by atoms with Gasteiger partial charge >= 0.3 is 0 Å². The van der Waals surface area contributed by atoms with Crippen molar-refractivity contribution in [1.29, 1.82) is 0 Å². The molecule has 0 saturated heterocycles. The molecule has 0 aliphatic rings. The van der Waals surface area contributed by atoms with Gasteiger partial charge in [0.25, 0.3) is 0 Å². The van der Waals surface area contributed by atoms with Crippen molar-refractivity contribution in [3.05, 3.63) is 35.4 Å². The molecule has 0 fully saturated rings. The Bertz CT molecular complexity index is 292. The maximum absolute atomic E-state index is 5.46. The SMILES string of the molecule is CCOCC(NC)c1ccc(C(C)C)cc1. The molecule has 1 aromatic rings.